The lowest BCUT2D eigenvalue weighted by atomic mass is 9.86. The maximum Gasteiger partial charge on any atom is 0.330 e. The van der Waals surface area contributed by atoms with Gasteiger partial charge in [0.1, 0.15) is 0 Å². The van der Waals surface area contributed by atoms with E-state index in [-0.39, 0.29) is 5.41 Å². The Balaban J connectivity index is 2.99. The van der Waals surface area contributed by atoms with Crippen LogP contribution in [0.2, 0.25) is 0 Å². The summed E-state index contributed by atoms with van der Waals surface area (Å²) in [6.07, 6.45) is 0. The molecule has 1 aromatic carbocycles. The number of para-hydroxylation sites is 1. The quantitative estimate of drug-likeness (QED) is 0.706. The molecule has 5 heteroatoms. The number of aliphatic carboxylic acids is 1. The van der Waals surface area contributed by atoms with Gasteiger partial charge in [-0.1, -0.05) is 39.0 Å². The van der Waals surface area contributed by atoms with Gasteiger partial charge in [0.2, 0.25) is 0 Å². The van der Waals surface area contributed by atoms with E-state index in [1.807, 2.05) is 32.9 Å². The first-order chi connectivity index (χ1) is 8.23. The first kappa shape index (κ1) is 14.2. The average molecular weight is 250 g/mol. The number of rotatable bonds is 3. The number of hydrogen-bond acceptors (Lipinski definition) is 3. The molecular formula is C13H18N2O3. The van der Waals surface area contributed by atoms with Gasteiger partial charge in [0.15, 0.2) is 6.04 Å². The van der Waals surface area contributed by atoms with Crippen molar-refractivity contribution in [2.75, 3.05) is 5.32 Å². The fourth-order valence-electron chi connectivity index (χ4n) is 1.57. The zero-order valence-corrected chi connectivity index (χ0v) is 10.7. The van der Waals surface area contributed by atoms with Crippen LogP contribution in [0, 0.1) is 0 Å². The van der Waals surface area contributed by atoms with E-state index in [1.54, 1.807) is 12.1 Å². The van der Waals surface area contributed by atoms with Crippen LogP contribution in [-0.2, 0) is 15.0 Å². The summed E-state index contributed by atoms with van der Waals surface area (Å²) in [5.41, 5.74) is 6.62. The first-order valence-corrected chi connectivity index (χ1v) is 5.62. The maximum absolute atomic E-state index is 11.6. The third-order valence-electron chi connectivity index (χ3n) is 2.54. The molecule has 5 nitrogen and oxygen atoms in total. The Kier molecular flexibility index (Phi) is 4.08. The summed E-state index contributed by atoms with van der Waals surface area (Å²) < 4.78 is 0. The minimum absolute atomic E-state index is 0.156. The zero-order chi connectivity index (χ0) is 13.9. The summed E-state index contributed by atoms with van der Waals surface area (Å²) in [6.45, 7) is 6.03. The molecule has 0 aliphatic rings. The predicted molar refractivity (Wildman–Crippen MR) is 69.4 cm³/mol. The Morgan fingerprint density at radius 1 is 1.28 bits per heavy atom. The van der Waals surface area contributed by atoms with Gasteiger partial charge in [0.05, 0.1) is 0 Å². The molecule has 0 bridgehead atoms. The van der Waals surface area contributed by atoms with E-state index in [0.29, 0.717) is 5.69 Å². The third-order valence-corrected chi connectivity index (χ3v) is 2.54. The van der Waals surface area contributed by atoms with Gasteiger partial charge in [-0.05, 0) is 17.0 Å². The fraction of sp³-hybridized carbons (Fsp3) is 0.385. The summed E-state index contributed by atoms with van der Waals surface area (Å²) in [5, 5.41) is 11.2. The predicted octanol–water partition coefficient (Wildman–Crippen LogP) is 1.33. The van der Waals surface area contributed by atoms with Crippen LogP contribution in [0.4, 0.5) is 5.69 Å². The molecule has 0 saturated heterocycles. The largest absolute Gasteiger partial charge is 0.480 e. The number of nitrogens with one attached hydrogen (secondary N) is 1. The molecule has 1 unspecified atom stereocenters. The Bertz CT molecular complexity index is 464. The van der Waals surface area contributed by atoms with Gasteiger partial charge >= 0.3 is 5.97 Å². The topological polar surface area (TPSA) is 92.4 Å². The van der Waals surface area contributed by atoms with Crippen LogP contribution in [0.3, 0.4) is 0 Å². The molecule has 18 heavy (non-hydrogen) atoms. The Morgan fingerprint density at radius 3 is 2.33 bits per heavy atom. The summed E-state index contributed by atoms with van der Waals surface area (Å²) in [5.74, 6) is -2.07. The minimum Gasteiger partial charge on any atom is -0.480 e. The smallest absolute Gasteiger partial charge is 0.330 e. The number of benzene rings is 1. The number of hydrogen-bond donors (Lipinski definition) is 3. The van der Waals surface area contributed by atoms with Gasteiger partial charge in [-0.2, -0.15) is 0 Å². The highest BCUT2D eigenvalue weighted by Crippen LogP contribution is 2.29. The van der Waals surface area contributed by atoms with E-state index in [1.165, 1.54) is 0 Å². The van der Waals surface area contributed by atoms with Crippen molar-refractivity contribution < 1.29 is 14.7 Å². The molecule has 1 amide bonds. The molecule has 0 heterocycles. The van der Waals surface area contributed by atoms with E-state index in [9.17, 15) is 9.59 Å². The number of amides is 1. The lowest BCUT2D eigenvalue weighted by molar-refractivity contribution is -0.141. The molecule has 0 aromatic heterocycles. The second kappa shape index (κ2) is 5.18. The van der Waals surface area contributed by atoms with Crippen molar-refractivity contribution in [3.8, 4) is 0 Å². The molecule has 1 aromatic rings. The van der Waals surface area contributed by atoms with E-state index >= 15 is 0 Å². The molecular weight excluding hydrogens is 232 g/mol. The number of carboxylic acids is 1. The number of nitrogens with two attached hydrogens (primary N) is 1. The van der Waals surface area contributed by atoms with E-state index in [2.05, 4.69) is 5.32 Å². The third kappa shape index (κ3) is 3.30. The molecule has 4 N–H and O–H groups in total. The van der Waals surface area contributed by atoms with E-state index in [0.717, 1.165) is 5.56 Å². The Labute approximate surface area is 106 Å². The molecule has 1 atom stereocenters. The second-order valence-electron chi connectivity index (χ2n) is 5.10. The van der Waals surface area contributed by atoms with Crippen molar-refractivity contribution in [1.82, 2.24) is 0 Å². The highest BCUT2D eigenvalue weighted by Gasteiger charge is 2.24. The second-order valence-corrected chi connectivity index (χ2v) is 5.10. The lowest BCUT2D eigenvalue weighted by Crippen LogP contribution is -2.42. The normalized spacial score (nSPS) is 12.9. The molecule has 0 aliphatic heterocycles. The standard InChI is InChI=1S/C13H18N2O3/c1-13(2,3)8-6-4-5-7-9(8)15-11(16)10(14)12(17)18/h4-7,10H,14H2,1-3H3,(H,15,16)(H,17,18). The monoisotopic (exact) mass is 250 g/mol. The van der Waals surface area contributed by atoms with Crippen LogP contribution < -0.4 is 11.1 Å². The maximum atomic E-state index is 11.6. The first-order valence-electron chi connectivity index (χ1n) is 5.62. The number of anilines is 1. The summed E-state index contributed by atoms with van der Waals surface area (Å²) in [4.78, 5) is 22.2. The van der Waals surface area contributed by atoms with Gasteiger partial charge in [-0.25, -0.2) is 4.79 Å². The van der Waals surface area contributed by atoms with Crippen LogP contribution in [0.15, 0.2) is 24.3 Å². The van der Waals surface area contributed by atoms with Gasteiger partial charge in [-0.3, -0.25) is 4.79 Å². The summed E-state index contributed by atoms with van der Waals surface area (Å²) >= 11 is 0. The van der Waals surface area contributed by atoms with E-state index < -0.39 is 17.9 Å². The summed E-state index contributed by atoms with van der Waals surface area (Å²) in [7, 11) is 0. The SMILES string of the molecule is CC(C)(C)c1ccccc1NC(=O)C(N)C(=O)O. The van der Waals surface area contributed by atoms with Gasteiger partial charge < -0.3 is 16.2 Å². The lowest BCUT2D eigenvalue weighted by Gasteiger charge is -2.23. The van der Waals surface area contributed by atoms with Crippen LogP contribution in [0.5, 0.6) is 0 Å². The Hall–Kier alpha value is -1.88. The van der Waals surface area contributed by atoms with Crippen LogP contribution in [0.25, 0.3) is 0 Å². The number of carbonyl (C=O) groups excluding carboxylic acids is 1. The summed E-state index contributed by atoms with van der Waals surface area (Å²) in [6, 6.07) is 5.71. The van der Waals surface area contributed by atoms with Gasteiger partial charge in [0, 0.05) is 5.69 Å². The van der Waals surface area contributed by atoms with Crippen molar-refractivity contribution >= 4 is 17.6 Å². The van der Waals surface area contributed by atoms with Crippen LogP contribution in [-0.4, -0.2) is 23.0 Å². The molecule has 1 rings (SSSR count). The number of carboxylic acid groups (broad SMARTS) is 1. The van der Waals surface area contributed by atoms with Crippen molar-refractivity contribution in [3.05, 3.63) is 29.8 Å². The van der Waals surface area contributed by atoms with Crippen molar-refractivity contribution in [3.63, 3.8) is 0 Å². The van der Waals surface area contributed by atoms with Crippen molar-refractivity contribution in [2.45, 2.75) is 32.2 Å². The highest BCUT2D eigenvalue weighted by atomic mass is 16.4. The van der Waals surface area contributed by atoms with Gasteiger partial charge in [0.25, 0.3) is 5.91 Å². The van der Waals surface area contributed by atoms with Crippen molar-refractivity contribution in [2.24, 2.45) is 5.73 Å². The molecule has 98 valence electrons. The Morgan fingerprint density at radius 2 is 1.83 bits per heavy atom. The molecule has 0 spiro atoms. The van der Waals surface area contributed by atoms with Crippen LogP contribution >= 0.6 is 0 Å². The van der Waals surface area contributed by atoms with Crippen molar-refractivity contribution in [1.29, 1.82) is 0 Å². The zero-order valence-electron chi connectivity index (χ0n) is 10.7. The highest BCUT2D eigenvalue weighted by molar-refractivity contribution is 6.07. The number of carbonyl (C=O) groups is 2. The van der Waals surface area contributed by atoms with Crippen LogP contribution in [0.1, 0.15) is 26.3 Å². The molecule has 0 radical (unpaired) electrons. The minimum atomic E-state index is -1.56. The molecule has 0 saturated carbocycles. The molecule has 0 aliphatic carbocycles. The average Bonchev–Trinajstić information content (AvgIpc) is 2.27. The van der Waals surface area contributed by atoms with E-state index in [4.69, 9.17) is 10.8 Å². The van der Waals surface area contributed by atoms with Gasteiger partial charge in [-0.15, -0.1) is 0 Å². The fourth-order valence-corrected chi connectivity index (χ4v) is 1.57. The molecule has 0 fully saturated rings.